The monoisotopic (exact) mass is 235 g/mol. The molecule has 0 saturated heterocycles. The van der Waals surface area contributed by atoms with Crippen LogP contribution in [0.1, 0.15) is 6.92 Å². The van der Waals surface area contributed by atoms with Crippen molar-refractivity contribution in [2.24, 2.45) is 5.84 Å². The Bertz CT molecular complexity index is 471. The second-order valence-corrected chi connectivity index (χ2v) is 3.69. The fraction of sp³-hybridized carbons (Fsp3) is 0.167. The minimum absolute atomic E-state index is 0.214. The summed E-state index contributed by atoms with van der Waals surface area (Å²) in [6, 6.07) is 6.28. The van der Waals surface area contributed by atoms with Crippen molar-refractivity contribution in [3.05, 3.63) is 53.6 Å². The van der Waals surface area contributed by atoms with Gasteiger partial charge in [0.2, 0.25) is 0 Å². The van der Waals surface area contributed by atoms with Gasteiger partial charge in [-0.2, -0.15) is 0 Å². The third-order valence-electron chi connectivity index (χ3n) is 2.46. The number of halogens is 1. The van der Waals surface area contributed by atoms with E-state index in [1.807, 2.05) is 13.0 Å². The van der Waals surface area contributed by atoms with Crippen LogP contribution >= 0.6 is 0 Å². The number of ether oxygens (including phenoxy) is 1. The van der Waals surface area contributed by atoms with Gasteiger partial charge in [0, 0.05) is 6.20 Å². The van der Waals surface area contributed by atoms with Crippen molar-refractivity contribution in [2.45, 2.75) is 13.2 Å². The van der Waals surface area contributed by atoms with E-state index < -0.39 is 6.23 Å². The quantitative estimate of drug-likeness (QED) is 0.547. The average molecular weight is 235 g/mol. The summed E-state index contributed by atoms with van der Waals surface area (Å²) in [5.74, 6) is 5.15. The maximum Gasteiger partial charge on any atom is 0.189 e. The lowest BCUT2D eigenvalue weighted by molar-refractivity contribution is 0.215. The summed E-state index contributed by atoms with van der Waals surface area (Å²) in [6.07, 6.45) is 3.12. The van der Waals surface area contributed by atoms with Gasteiger partial charge in [-0.05, 0) is 30.7 Å². The molecule has 1 aromatic carbocycles. The zero-order chi connectivity index (χ0) is 12.3. The zero-order valence-corrected chi connectivity index (χ0v) is 9.41. The molecule has 0 amide bonds. The van der Waals surface area contributed by atoms with Gasteiger partial charge in [-0.15, -0.1) is 0 Å². The molecular weight excluding hydrogens is 221 g/mol. The molecule has 2 rings (SSSR count). The van der Waals surface area contributed by atoms with Crippen molar-refractivity contribution in [2.75, 3.05) is 0 Å². The Morgan fingerprint density at radius 2 is 2.18 bits per heavy atom. The van der Waals surface area contributed by atoms with E-state index in [-0.39, 0.29) is 11.6 Å². The SMILES string of the molecule is CC1=CC(Oc2ccccc2F)NC=C1NN. The molecule has 1 aliphatic heterocycles. The first-order valence-electron chi connectivity index (χ1n) is 5.23. The summed E-state index contributed by atoms with van der Waals surface area (Å²) >= 11 is 0. The van der Waals surface area contributed by atoms with Crippen molar-refractivity contribution in [3.8, 4) is 5.75 Å². The highest BCUT2D eigenvalue weighted by molar-refractivity contribution is 5.32. The standard InChI is InChI=1S/C12H14FN3O/c1-8-6-12(15-7-10(8)16-14)17-11-5-3-2-4-9(11)13/h2-7,12,15-16H,14H2,1H3. The molecular formula is C12H14FN3O. The highest BCUT2D eigenvalue weighted by atomic mass is 19.1. The van der Waals surface area contributed by atoms with Gasteiger partial charge in [-0.25, -0.2) is 4.39 Å². The van der Waals surface area contributed by atoms with E-state index in [2.05, 4.69) is 10.7 Å². The largest absolute Gasteiger partial charge is 0.464 e. The maximum atomic E-state index is 13.4. The molecule has 1 heterocycles. The topological polar surface area (TPSA) is 59.3 Å². The van der Waals surface area contributed by atoms with E-state index in [0.29, 0.717) is 0 Å². The third kappa shape index (κ3) is 2.57. The molecule has 1 aromatic rings. The van der Waals surface area contributed by atoms with E-state index in [4.69, 9.17) is 10.6 Å². The first kappa shape index (κ1) is 11.5. The van der Waals surface area contributed by atoms with E-state index >= 15 is 0 Å². The summed E-state index contributed by atoms with van der Waals surface area (Å²) in [5.41, 5.74) is 4.26. The fourth-order valence-corrected chi connectivity index (χ4v) is 1.54. The number of benzene rings is 1. The first-order valence-corrected chi connectivity index (χ1v) is 5.23. The highest BCUT2D eigenvalue weighted by Gasteiger charge is 2.14. The Labute approximate surface area is 98.9 Å². The first-order chi connectivity index (χ1) is 8.20. The predicted molar refractivity (Wildman–Crippen MR) is 63.1 cm³/mol. The summed E-state index contributed by atoms with van der Waals surface area (Å²) in [6.45, 7) is 1.89. The number of hydrazine groups is 1. The van der Waals surface area contributed by atoms with Gasteiger partial charge < -0.3 is 15.5 Å². The van der Waals surface area contributed by atoms with Gasteiger partial charge in [-0.1, -0.05) is 12.1 Å². The number of para-hydroxylation sites is 1. The summed E-state index contributed by atoms with van der Waals surface area (Å²) in [7, 11) is 0. The van der Waals surface area contributed by atoms with Crippen LogP contribution < -0.4 is 21.3 Å². The Balaban J connectivity index is 2.08. The summed E-state index contributed by atoms with van der Waals surface area (Å²) in [5, 5.41) is 2.96. The van der Waals surface area contributed by atoms with Crippen LogP contribution in [0.25, 0.3) is 0 Å². The van der Waals surface area contributed by atoms with Crippen LogP contribution in [0.3, 0.4) is 0 Å². The number of nitrogens with two attached hydrogens (primary N) is 1. The van der Waals surface area contributed by atoms with Crippen molar-refractivity contribution < 1.29 is 9.13 Å². The molecule has 0 bridgehead atoms. The molecule has 0 aliphatic carbocycles. The average Bonchev–Trinajstić information content (AvgIpc) is 2.32. The van der Waals surface area contributed by atoms with Gasteiger partial charge in [0.25, 0.3) is 0 Å². The number of dihydropyridines is 1. The molecule has 0 radical (unpaired) electrons. The predicted octanol–water partition coefficient (Wildman–Crippen LogP) is 1.38. The van der Waals surface area contributed by atoms with Crippen molar-refractivity contribution in [1.82, 2.24) is 10.7 Å². The second kappa shape index (κ2) is 4.88. The number of rotatable bonds is 3. The van der Waals surface area contributed by atoms with Crippen LogP contribution in [0.15, 0.2) is 47.8 Å². The van der Waals surface area contributed by atoms with Crippen molar-refractivity contribution >= 4 is 0 Å². The highest BCUT2D eigenvalue weighted by Crippen LogP contribution is 2.19. The molecule has 4 nitrogen and oxygen atoms in total. The van der Waals surface area contributed by atoms with Crippen molar-refractivity contribution in [1.29, 1.82) is 0 Å². The minimum atomic E-state index is -0.399. The van der Waals surface area contributed by atoms with Crippen LogP contribution in [0.4, 0.5) is 4.39 Å². The van der Waals surface area contributed by atoms with Gasteiger partial charge >= 0.3 is 0 Å². The lowest BCUT2D eigenvalue weighted by Crippen LogP contribution is -2.35. The molecule has 90 valence electrons. The molecule has 0 saturated carbocycles. The van der Waals surface area contributed by atoms with E-state index in [1.165, 1.54) is 6.07 Å². The molecule has 1 atom stereocenters. The van der Waals surface area contributed by atoms with Gasteiger partial charge in [-0.3, -0.25) is 5.84 Å². The Kier molecular flexibility index (Phi) is 3.30. The minimum Gasteiger partial charge on any atom is -0.464 e. The molecule has 0 aromatic heterocycles. The number of hydrogen-bond acceptors (Lipinski definition) is 4. The zero-order valence-electron chi connectivity index (χ0n) is 9.41. The van der Waals surface area contributed by atoms with Crippen LogP contribution in [0.2, 0.25) is 0 Å². The number of allylic oxidation sites excluding steroid dienone is 1. The Morgan fingerprint density at radius 1 is 1.41 bits per heavy atom. The molecule has 5 heteroatoms. The molecule has 0 spiro atoms. The van der Waals surface area contributed by atoms with Crippen LogP contribution in [-0.4, -0.2) is 6.23 Å². The van der Waals surface area contributed by atoms with Gasteiger partial charge in [0.1, 0.15) is 0 Å². The van der Waals surface area contributed by atoms with E-state index in [1.54, 1.807) is 24.4 Å². The third-order valence-corrected chi connectivity index (χ3v) is 2.46. The smallest absolute Gasteiger partial charge is 0.189 e. The molecule has 0 fully saturated rings. The fourth-order valence-electron chi connectivity index (χ4n) is 1.54. The molecule has 1 unspecified atom stereocenters. The van der Waals surface area contributed by atoms with Crippen molar-refractivity contribution in [3.63, 3.8) is 0 Å². The van der Waals surface area contributed by atoms with E-state index in [9.17, 15) is 4.39 Å². The Morgan fingerprint density at radius 3 is 2.82 bits per heavy atom. The summed E-state index contributed by atoms with van der Waals surface area (Å²) < 4.78 is 18.8. The van der Waals surface area contributed by atoms with Crippen LogP contribution in [0, 0.1) is 5.82 Å². The lowest BCUT2D eigenvalue weighted by Gasteiger charge is -2.22. The number of nitrogens with one attached hydrogen (secondary N) is 2. The molecule has 17 heavy (non-hydrogen) atoms. The number of hydrogen-bond donors (Lipinski definition) is 3. The lowest BCUT2D eigenvalue weighted by atomic mass is 10.1. The Hall–Kier alpha value is -2.01. The second-order valence-electron chi connectivity index (χ2n) is 3.69. The van der Waals surface area contributed by atoms with Crippen LogP contribution in [0.5, 0.6) is 5.75 Å². The summed E-state index contributed by atoms with van der Waals surface area (Å²) in [4.78, 5) is 0. The molecule has 4 N–H and O–H groups in total. The van der Waals surface area contributed by atoms with E-state index in [0.717, 1.165) is 11.3 Å². The van der Waals surface area contributed by atoms with Crippen LogP contribution in [-0.2, 0) is 0 Å². The molecule has 1 aliphatic rings. The van der Waals surface area contributed by atoms with Gasteiger partial charge in [0.15, 0.2) is 17.8 Å². The normalized spacial score (nSPS) is 18.9. The maximum absolute atomic E-state index is 13.4. The van der Waals surface area contributed by atoms with Gasteiger partial charge in [0.05, 0.1) is 5.70 Å².